The van der Waals surface area contributed by atoms with Crippen LogP contribution in [-0.4, -0.2) is 9.55 Å². The molecule has 0 saturated carbocycles. The van der Waals surface area contributed by atoms with Gasteiger partial charge in [-0.25, -0.2) is 13.8 Å². The van der Waals surface area contributed by atoms with Gasteiger partial charge in [-0.2, -0.15) is 0 Å². The molecule has 0 spiro atoms. The maximum absolute atomic E-state index is 14.1. The Balaban J connectivity index is 2.40. The topological polar surface area (TPSA) is 17.8 Å². The van der Waals surface area contributed by atoms with Crippen LogP contribution in [0.1, 0.15) is 5.82 Å². The van der Waals surface area contributed by atoms with Crippen LogP contribution in [0.5, 0.6) is 0 Å². The molecule has 0 fully saturated rings. The number of fused-ring (bicyclic) bond motifs is 1. The average molecular weight is 313 g/mol. The molecule has 1 aromatic heterocycles. The summed E-state index contributed by atoms with van der Waals surface area (Å²) in [4.78, 5) is 4.32. The summed E-state index contributed by atoms with van der Waals surface area (Å²) < 4.78 is 28.8. The quantitative estimate of drug-likeness (QED) is 0.627. The Labute approximate surface area is 123 Å². The van der Waals surface area contributed by atoms with Crippen LogP contribution in [0.25, 0.3) is 16.7 Å². The molecule has 20 heavy (non-hydrogen) atoms. The zero-order valence-corrected chi connectivity index (χ0v) is 11.6. The fraction of sp³-hybridized carbons (Fsp3) is 0.0714. The van der Waals surface area contributed by atoms with E-state index >= 15 is 0 Å². The van der Waals surface area contributed by atoms with E-state index < -0.39 is 11.6 Å². The number of rotatable bonds is 2. The van der Waals surface area contributed by atoms with Crippen LogP contribution in [0.4, 0.5) is 8.78 Å². The SMILES string of the molecule is Fc1cc(F)c(-n2c(CCl)nc3ccccc32)c(Cl)c1. The van der Waals surface area contributed by atoms with Gasteiger partial charge in [-0.15, -0.1) is 11.6 Å². The molecular formula is C14H8Cl2F2N2. The predicted octanol–water partition coefficient (Wildman–Crippen LogP) is 4.70. The van der Waals surface area contributed by atoms with Crippen LogP contribution in [0.3, 0.4) is 0 Å². The van der Waals surface area contributed by atoms with E-state index in [1.807, 2.05) is 6.07 Å². The van der Waals surface area contributed by atoms with Gasteiger partial charge in [-0.3, -0.25) is 4.57 Å². The second kappa shape index (κ2) is 5.04. The van der Waals surface area contributed by atoms with E-state index in [-0.39, 0.29) is 16.6 Å². The van der Waals surface area contributed by atoms with Gasteiger partial charge in [0.15, 0.2) is 5.82 Å². The molecule has 0 amide bonds. The zero-order chi connectivity index (χ0) is 14.3. The van der Waals surface area contributed by atoms with Crippen LogP contribution in [0.15, 0.2) is 36.4 Å². The van der Waals surface area contributed by atoms with E-state index in [9.17, 15) is 8.78 Å². The first-order chi connectivity index (χ1) is 9.61. The molecule has 0 aliphatic rings. The lowest BCUT2D eigenvalue weighted by Crippen LogP contribution is -2.03. The van der Waals surface area contributed by atoms with Crippen LogP contribution < -0.4 is 0 Å². The van der Waals surface area contributed by atoms with Gasteiger partial charge in [0.1, 0.15) is 17.3 Å². The fourth-order valence-electron chi connectivity index (χ4n) is 2.16. The molecule has 0 aliphatic carbocycles. The monoisotopic (exact) mass is 312 g/mol. The number of halogens is 4. The lowest BCUT2D eigenvalue weighted by Gasteiger charge is -2.11. The third-order valence-electron chi connectivity index (χ3n) is 2.96. The molecule has 0 atom stereocenters. The van der Waals surface area contributed by atoms with Crippen molar-refractivity contribution in [3.05, 3.63) is 58.9 Å². The summed E-state index contributed by atoms with van der Waals surface area (Å²) in [7, 11) is 0. The molecular weight excluding hydrogens is 305 g/mol. The van der Waals surface area contributed by atoms with Crippen molar-refractivity contribution >= 4 is 34.2 Å². The van der Waals surface area contributed by atoms with Gasteiger partial charge in [-0.1, -0.05) is 23.7 Å². The van der Waals surface area contributed by atoms with Crippen LogP contribution in [-0.2, 0) is 5.88 Å². The molecule has 2 nitrogen and oxygen atoms in total. The summed E-state index contributed by atoms with van der Waals surface area (Å²) in [5.41, 5.74) is 1.39. The summed E-state index contributed by atoms with van der Waals surface area (Å²) in [5, 5.41) is -0.0305. The van der Waals surface area contributed by atoms with E-state index in [1.54, 1.807) is 18.2 Å². The third kappa shape index (κ3) is 2.05. The van der Waals surface area contributed by atoms with Gasteiger partial charge in [-0.05, 0) is 18.2 Å². The fourth-order valence-corrected chi connectivity index (χ4v) is 2.62. The Hall–Kier alpha value is -1.65. The minimum absolute atomic E-state index is 0.0305. The summed E-state index contributed by atoms with van der Waals surface area (Å²) in [6, 6.07) is 9.03. The zero-order valence-electron chi connectivity index (χ0n) is 10.1. The van der Waals surface area contributed by atoms with Gasteiger partial charge in [0.25, 0.3) is 0 Å². The lowest BCUT2D eigenvalue weighted by molar-refractivity contribution is 0.578. The first-order valence-corrected chi connectivity index (χ1v) is 6.70. The molecule has 0 saturated heterocycles. The van der Waals surface area contributed by atoms with E-state index in [1.165, 1.54) is 4.57 Å². The first kappa shape index (κ1) is 13.3. The minimum atomic E-state index is -0.760. The number of benzene rings is 2. The summed E-state index contributed by atoms with van der Waals surface area (Å²) in [5.74, 6) is -0.958. The molecule has 0 unspecified atom stereocenters. The number of para-hydroxylation sites is 2. The van der Waals surface area contributed by atoms with Crippen molar-refractivity contribution in [2.75, 3.05) is 0 Å². The highest BCUT2D eigenvalue weighted by molar-refractivity contribution is 6.32. The summed E-state index contributed by atoms with van der Waals surface area (Å²) in [6.45, 7) is 0. The van der Waals surface area contributed by atoms with E-state index in [0.717, 1.165) is 12.1 Å². The standard InChI is InChI=1S/C14H8Cl2F2N2/c15-7-13-19-11-3-1-2-4-12(11)20(13)14-9(16)5-8(17)6-10(14)18/h1-6H,7H2. The minimum Gasteiger partial charge on any atom is -0.291 e. The number of hydrogen-bond acceptors (Lipinski definition) is 1. The van der Waals surface area contributed by atoms with Gasteiger partial charge < -0.3 is 0 Å². The maximum Gasteiger partial charge on any atom is 0.151 e. The molecule has 3 aromatic rings. The normalized spacial score (nSPS) is 11.2. The molecule has 2 aromatic carbocycles. The highest BCUT2D eigenvalue weighted by atomic mass is 35.5. The first-order valence-electron chi connectivity index (χ1n) is 5.79. The molecule has 0 radical (unpaired) electrons. The van der Waals surface area contributed by atoms with E-state index in [0.29, 0.717) is 16.9 Å². The molecule has 0 aliphatic heterocycles. The molecule has 0 N–H and O–H groups in total. The molecule has 0 bridgehead atoms. The number of aromatic nitrogens is 2. The van der Waals surface area contributed by atoms with Gasteiger partial charge in [0.05, 0.1) is 21.9 Å². The summed E-state index contributed by atoms with van der Waals surface area (Å²) >= 11 is 11.9. The van der Waals surface area contributed by atoms with Crippen molar-refractivity contribution in [3.8, 4) is 5.69 Å². The number of nitrogens with zero attached hydrogens (tertiary/aromatic N) is 2. The van der Waals surface area contributed by atoms with E-state index in [2.05, 4.69) is 4.98 Å². The molecule has 1 heterocycles. The maximum atomic E-state index is 14.1. The Morgan fingerprint density at radius 2 is 1.90 bits per heavy atom. The van der Waals surface area contributed by atoms with Crippen LogP contribution in [0.2, 0.25) is 5.02 Å². The Morgan fingerprint density at radius 3 is 2.60 bits per heavy atom. The van der Waals surface area contributed by atoms with Crippen molar-refractivity contribution in [2.45, 2.75) is 5.88 Å². The average Bonchev–Trinajstić information content (AvgIpc) is 2.76. The third-order valence-corrected chi connectivity index (χ3v) is 3.48. The number of hydrogen-bond donors (Lipinski definition) is 0. The highest BCUT2D eigenvalue weighted by Gasteiger charge is 2.18. The van der Waals surface area contributed by atoms with Gasteiger partial charge in [0.2, 0.25) is 0 Å². The number of imidazole rings is 1. The molecule has 3 rings (SSSR count). The lowest BCUT2D eigenvalue weighted by atomic mass is 10.2. The van der Waals surface area contributed by atoms with Gasteiger partial charge >= 0.3 is 0 Å². The van der Waals surface area contributed by atoms with Crippen LogP contribution in [0, 0.1) is 11.6 Å². The Morgan fingerprint density at radius 1 is 1.15 bits per heavy atom. The van der Waals surface area contributed by atoms with Crippen molar-refractivity contribution in [1.29, 1.82) is 0 Å². The van der Waals surface area contributed by atoms with Crippen LogP contribution >= 0.6 is 23.2 Å². The second-order valence-electron chi connectivity index (χ2n) is 4.20. The van der Waals surface area contributed by atoms with Crippen molar-refractivity contribution in [3.63, 3.8) is 0 Å². The molecule has 102 valence electrons. The summed E-state index contributed by atoms with van der Waals surface area (Å²) in [6.07, 6.45) is 0. The predicted molar refractivity (Wildman–Crippen MR) is 75.6 cm³/mol. The second-order valence-corrected chi connectivity index (χ2v) is 4.88. The highest BCUT2D eigenvalue weighted by Crippen LogP contribution is 2.30. The largest absolute Gasteiger partial charge is 0.291 e. The molecule has 6 heteroatoms. The van der Waals surface area contributed by atoms with Crippen molar-refractivity contribution in [2.24, 2.45) is 0 Å². The van der Waals surface area contributed by atoms with Crippen molar-refractivity contribution < 1.29 is 8.78 Å². The Bertz CT molecular complexity index is 776. The van der Waals surface area contributed by atoms with Crippen molar-refractivity contribution in [1.82, 2.24) is 9.55 Å². The Kier molecular flexibility index (Phi) is 3.36. The number of alkyl halides is 1. The van der Waals surface area contributed by atoms with E-state index in [4.69, 9.17) is 23.2 Å². The van der Waals surface area contributed by atoms with Gasteiger partial charge in [0, 0.05) is 6.07 Å². The smallest absolute Gasteiger partial charge is 0.151 e.